The fraction of sp³-hybridized carbons (Fsp3) is 0. The van der Waals surface area contributed by atoms with Gasteiger partial charge in [0, 0.05) is 12.1 Å². The molecule has 5 heteroatoms. The van der Waals surface area contributed by atoms with Crippen LogP contribution in [0.5, 0.6) is 0 Å². The van der Waals surface area contributed by atoms with Crippen molar-refractivity contribution < 1.29 is 9.32 Å². The van der Waals surface area contributed by atoms with Crippen molar-refractivity contribution in [1.29, 1.82) is 0 Å². The molecule has 3 rings (SSSR count). The van der Waals surface area contributed by atoms with E-state index in [1.807, 2.05) is 41.1 Å². The zero-order chi connectivity index (χ0) is 12.5. The molecular weight excluding hydrogens is 230 g/mol. The topological polar surface area (TPSA) is 63.0 Å². The Kier molecular flexibility index (Phi) is 2.30. The number of H-pyrrole nitrogens is 1. The number of pyridine rings is 1. The molecule has 0 radical (unpaired) electrons. The number of nitro benzene ring substituents is 1. The largest absolute Gasteiger partial charge is 0.292 e. The molecule has 0 aliphatic rings. The van der Waals surface area contributed by atoms with Crippen LogP contribution in [0, 0.1) is 10.1 Å². The second kappa shape index (κ2) is 3.96. The normalized spacial score (nSPS) is 10.7. The molecule has 0 unspecified atom stereocenters. The third-order valence-corrected chi connectivity index (χ3v) is 2.82. The van der Waals surface area contributed by atoms with E-state index in [2.05, 4.69) is 4.98 Å². The fourth-order valence-corrected chi connectivity index (χ4v) is 1.98. The van der Waals surface area contributed by atoms with E-state index in [0.29, 0.717) is 0 Å². The lowest BCUT2D eigenvalue weighted by molar-refractivity contribution is -0.498. The second-order valence-corrected chi connectivity index (χ2v) is 3.94. The standard InChI is InChI=1S/C13H9N3O2/c17-16(18)11-6-3-4-10(8-11)13-14-9-12-5-1-2-7-15(12)13/h1-9H/p+1. The monoisotopic (exact) mass is 240 g/mol. The minimum absolute atomic E-state index is 0.0896. The van der Waals surface area contributed by atoms with Crippen molar-refractivity contribution in [3.8, 4) is 11.4 Å². The minimum atomic E-state index is -0.390. The van der Waals surface area contributed by atoms with Crippen LogP contribution in [0.3, 0.4) is 0 Å². The number of hydrogen-bond donors (Lipinski definition) is 1. The Morgan fingerprint density at radius 1 is 1.17 bits per heavy atom. The highest BCUT2D eigenvalue weighted by molar-refractivity contribution is 5.58. The van der Waals surface area contributed by atoms with Crippen LogP contribution in [0.15, 0.2) is 54.9 Å². The van der Waals surface area contributed by atoms with E-state index in [0.717, 1.165) is 16.9 Å². The lowest BCUT2D eigenvalue weighted by Gasteiger charge is -1.95. The van der Waals surface area contributed by atoms with E-state index in [4.69, 9.17) is 0 Å². The Morgan fingerprint density at radius 2 is 2.06 bits per heavy atom. The predicted molar refractivity (Wildman–Crippen MR) is 66.0 cm³/mol. The molecule has 0 aliphatic heterocycles. The molecule has 0 saturated heterocycles. The minimum Gasteiger partial charge on any atom is -0.258 e. The van der Waals surface area contributed by atoms with Crippen molar-refractivity contribution in [3.63, 3.8) is 0 Å². The molecule has 3 aromatic rings. The van der Waals surface area contributed by atoms with Gasteiger partial charge in [0.15, 0.2) is 5.52 Å². The molecule has 0 saturated carbocycles. The van der Waals surface area contributed by atoms with Crippen molar-refractivity contribution in [2.75, 3.05) is 0 Å². The summed E-state index contributed by atoms with van der Waals surface area (Å²) in [5, 5.41) is 10.8. The van der Waals surface area contributed by atoms with Crippen LogP contribution in [0.2, 0.25) is 0 Å². The van der Waals surface area contributed by atoms with E-state index < -0.39 is 0 Å². The molecule has 0 fully saturated rings. The molecule has 5 nitrogen and oxygen atoms in total. The van der Waals surface area contributed by atoms with Gasteiger partial charge in [0.2, 0.25) is 0 Å². The molecule has 0 atom stereocenters. The van der Waals surface area contributed by atoms with Crippen LogP contribution < -0.4 is 4.40 Å². The Balaban J connectivity index is 2.20. The van der Waals surface area contributed by atoms with Crippen LogP contribution in [0.1, 0.15) is 0 Å². The number of benzene rings is 1. The van der Waals surface area contributed by atoms with E-state index in [-0.39, 0.29) is 10.6 Å². The molecule has 0 amide bonds. The third kappa shape index (κ3) is 1.62. The van der Waals surface area contributed by atoms with Crippen LogP contribution in [-0.2, 0) is 0 Å². The molecule has 1 N–H and O–H groups in total. The average molecular weight is 240 g/mol. The fourth-order valence-electron chi connectivity index (χ4n) is 1.98. The summed E-state index contributed by atoms with van der Waals surface area (Å²) in [6.07, 6.45) is 3.79. The number of fused-ring (bicyclic) bond motifs is 1. The quantitative estimate of drug-likeness (QED) is 0.424. The molecule has 0 spiro atoms. The summed E-state index contributed by atoms with van der Waals surface area (Å²) >= 11 is 0. The van der Waals surface area contributed by atoms with Gasteiger partial charge in [-0.3, -0.25) is 10.1 Å². The van der Waals surface area contributed by atoms with Crippen molar-refractivity contribution in [2.24, 2.45) is 0 Å². The van der Waals surface area contributed by atoms with Crippen LogP contribution in [-0.4, -0.2) is 9.91 Å². The van der Waals surface area contributed by atoms with Gasteiger partial charge in [-0.05, 0) is 18.2 Å². The van der Waals surface area contributed by atoms with Gasteiger partial charge in [-0.25, -0.2) is 4.98 Å². The summed E-state index contributed by atoms with van der Waals surface area (Å²) in [5.74, 6) is 0.828. The number of rotatable bonds is 2. The second-order valence-electron chi connectivity index (χ2n) is 3.94. The molecule has 2 heterocycles. The Hall–Kier alpha value is -2.69. The van der Waals surface area contributed by atoms with Gasteiger partial charge >= 0.3 is 0 Å². The Morgan fingerprint density at radius 3 is 2.89 bits per heavy atom. The molecule has 18 heavy (non-hydrogen) atoms. The molecule has 88 valence electrons. The first-order valence-electron chi connectivity index (χ1n) is 5.48. The average Bonchev–Trinajstić information content (AvgIpc) is 2.82. The molecule has 0 aliphatic carbocycles. The van der Waals surface area contributed by atoms with Gasteiger partial charge in [-0.2, -0.15) is 4.40 Å². The number of non-ortho nitro benzene ring substituents is 1. The van der Waals surface area contributed by atoms with Gasteiger partial charge in [0.05, 0.1) is 16.7 Å². The van der Waals surface area contributed by atoms with E-state index >= 15 is 0 Å². The summed E-state index contributed by atoms with van der Waals surface area (Å²) in [6.45, 7) is 0. The maximum absolute atomic E-state index is 10.8. The molecule has 1 aromatic carbocycles. The molecule has 2 aromatic heterocycles. The van der Waals surface area contributed by atoms with E-state index in [9.17, 15) is 10.1 Å². The number of aromatic amines is 1. The smallest absolute Gasteiger partial charge is 0.258 e. The Labute approximate surface area is 102 Å². The number of imidazole rings is 1. The summed E-state index contributed by atoms with van der Waals surface area (Å²) in [5.41, 5.74) is 1.89. The summed E-state index contributed by atoms with van der Waals surface area (Å²) in [6, 6.07) is 12.4. The van der Waals surface area contributed by atoms with E-state index in [1.54, 1.807) is 12.1 Å². The molecule has 0 bridgehead atoms. The van der Waals surface area contributed by atoms with Gasteiger partial charge in [0.1, 0.15) is 6.20 Å². The highest BCUT2D eigenvalue weighted by atomic mass is 16.6. The summed E-state index contributed by atoms with van der Waals surface area (Å²) in [4.78, 5) is 13.5. The van der Waals surface area contributed by atoms with Crippen LogP contribution >= 0.6 is 0 Å². The summed E-state index contributed by atoms with van der Waals surface area (Å²) in [7, 11) is 0. The zero-order valence-electron chi connectivity index (χ0n) is 9.41. The van der Waals surface area contributed by atoms with Crippen molar-refractivity contribution in [1.82, 2.24) is 4.98 Å². The van der Waals surface area contributed by atoms with Crippen molar-refractivity contribution in [3.05, 3.63) is 65.0 Å². The van der Waals surface area contributed by atoms with Crippen LogP contribution in [0.25, 0.3) is 16.9 Å². The number of hydrogen-bond acceptors (Lipinski definition) is 2. The highest BCUT2D eigenvalue weighted by Gasteiger charge is 2.15. The highest BCUT2D eigenvalue weighted by Crippen LogP contribution is 2.20. The lowest BCUT2D eigenvalue weighted by atomic mass is 10.2. The van der Waals surface area contributed by atoms with Crippen LogP contribution in [0.4, 0.5) is 5.69 Å². The maximum atomic E-state index is 10.8. The van der Waals surface area contributed by atoms with Gasteiger partial charge < -0.3 is 0 Å². The lowest BCUT2D eigenvalue weighted by Crippen LogP contribution is -2.20. The third-order valence-electron chi connectivity index (χ3n) is 2.82. The van der Waals surface area contributed by atoms with Crippen molar-refractivity contribution >= 4 is 11.2 Å². The van der Waals surface area contributed by atoms with Gasteiger partial charge in [-0.15, -0.1) is 0 Å². The van der Waals surface area contributed by atoms with Gasteiger partial charge in [0.25, 0.3) is 11.5 Å². The van der Waals surface area contributed by atoms with E-state index in [1.165, 1.54) is 6.07 Å². The first kappa shape index (κ1) is 10.5. The zero-order valence-corrected chi connectivity index (χ0v) is 9.41. The number of nitro groups is 1. The van der Waals surface area contributed by atoms with Gasteiger partial charge in [-0.1, -0.05) is 12.1 Å². The van der Waals surface area contributed by atoms with Crippen molar-refractivity contribution in [2.45, 2.75) is 0 Å². The number of aromatic nitrogens is 2. The number of nitrogens with zero attached hydrogens (tertiary/aromatic N) is 2. The summed E-state index contributed by atoms with van der Waals surface area (Å²) < 4.78 is 1.96. The number of nitrogens with one attached hydrogen (secondary N) is 1. The SMILES string of the molecule is O=[N+]([O-])c1cccc(-c2[nH]cc3cccc[n+]23)c1. The Bertz CT molecular complexity index is 734. The predicted octanol–water partition coefficient (Wildman–Crippen LogP) is 2.33. The maximum Gasteiger partial charge on any atom is 0.292 e. The first-order valence-corrected chi connectivity index (χ1v) is 5.48. The molecular formula is C13H10N3O2+. The first-order chi connectivity index (χ1) is 8.75.